The lowest BCUT2D eigenvalue weighted by Crippen LogP contribution is -2.24. The van der Waals surface area contributed by atoms with Gasteiger partial charge in [0.2, 0.25) is 0 Å². The number of hydrogen-bond acceptors (Lipinski definition) is 5. The molecule has 2 rings (SSSR count). The van der Waals surface area contributed by atoms with E-state index in [4.69, 9.17) is 4.74 Å². The lowest BCUT2D eigenvalue weighted by Gasteiger charge is -2.15. The molecule has 1 atom stereocenters. The molecule has 1 aromatic heterocycles. The van der Waals surface area contributed by atoms with Crippen LogP contribution >= 0.6 is 0 Å². The van der Waals surface area contributed by atoms with Crippen LogP contribution in [-0.4, -0.2) is 32.8 Å². The Balaban J connectivity index is 1.81. The first-order valence-electron chi connectivity index (χ1n) is 7.03. The van der Waals surface area contributed by atoms with Crippen LogP contribution in [0.15, 0.2) is 53.7 Å². The lowest BCUT2D eigenvalue weighted by molar-refractivity contribution is 0.306. The molecule has 0 saturated heterocycles. The van der Waals surface area contributed by atoms with Gasteiger partial charge in [-0.25, -0.2) is 8.42 Å². The molecular weight excluding hydrogens is 300 g/mol. The number of sulfone groups is 1. The second-order valence-corrected chi connectivity index (χ2v) is 7.07. The molecule has 0 amide bonds. The van der Waals surface area contributed by atoms with Gasteiger partial charge in [-0.1, -0.05) is 12.1 Å². The van der Waals surface area contributed by atoms with Crippen molar-refractivity contribution in [3.63, 3.8) is 0 Å². The quantitative estimate of drug-likeness (QED) is 0.792. The maximum absolute atomic E-state index is 11.4. The average molecular weight is 320 g/mol. The first-order chi connectivity index (χ1) is 10.5. The van der Waals surface area contributed by atoms with E-state index in [0.29, 0.717) is 18.0 Å². The number of hydrogen-bond donors (Lipinski definition) is 1. The van der Waals surface area contributed by atoms with Gasteiger partial charge in [0.25, 0.3) is 0 Å². The molecule has 0 aliphatic rings. The maximum atomic E-state index is 11.4. The third kappa shape index (κ3) is 4.82. The number of ether oxygens (including phenoxy) is 1. The van der Waals surface area contributed by atoms with Gasteiger partial charge in [0.1, 0.15) is 12.4 Å². The summed E-state index contributed by atoms with van der Waals surface area (Å²) in [4.78, 5) is 4.32. The van der Waals surface area contributed by atoms with Crippen LogP contribution in [0.2, 0.25) is 0 Å². The lowest BCUT2D eigenvalue weighted by atomic mass is 10.1. The minimum absolute atomic E-state index is 0.117. The number of benzene rings is 1. The van der Waals surface area contributed by atoms with E-state index in [2.05, 4.69) is 10.3 Å². The summed E-state index contributed by atoms with van der Waals surface area (Å²) in [5, 5.41) is 3.33. The highest BCUT2D eigenvalue weighted by molar-refractivity contribution is 7.90. The summed E-state index contributed by atoms with van der Waals surface area (Å²) in [5.74, 6) is 0.745. The van der Waals surface area contributed by atoms with Crippen LogP contribution in [0.4, 0.5) is 0 Å². The number of nitrogens with one attached hydrogen (secondary N) is 1. The second-order valence-electron chi connectivity index (χ2n) is 5.05. The Bertz CT molecular complexity index is 685. The van der Waals surface area contributed by atoms with E-state index >= 15 is 0 Å². The molecule has 0 aliphatic carbocycles. The molecule has 1 heterocycles. The molecule has 2 aromatic rings. The van der Waals surface area contributed by atoms with Crippen LogP contribution in [0.3, 0.4) is 0 Å². The number of aromatic nitrogens is 1. The Morgan fingerprint density at radius 1 is 1.23 bits per heavy atom. The fraction of sp³-hybridized carbons (Fsp3) is 0.312. The molecule has 5 nitrogen and oxygen atoms in total. The van der Waals surface area contributed by atoms with Gasteiger partial charge in [-0.05, 0) is 36.8 Å². The van der Waals surface area contributed by atoms with Crippen molar-refractivity contribution in [2.45, 2.75) is 17.9 Å². The first kappa shape index (κ1) is 16.5. The molecule has 0 spiro atoms. The van der Waals surface area contributed by atoms with Gasteiger partial charge in [0, 0.05) is 25.0 Å². The topological polar surface area (TPSA) is 68.3 Å². The number of nitrogens with zero attached hydrogens (tertiary/aromatic N) is 1. The van der Waals surface area contributed by atoms with Crippen LogP contribution in [0, 0.1) is 0 Å². The molecule has 0 aliphatic heterocycles. The molecule has 0 unspecified atom stereocenters. The molecule has 6 heteroatoms. The fourth-order valence-corrected chi connectivity index (χ4v) is 2.63. The summed E-state index contributed by atoms with van der Waals surface area (Å²) in [7, 11) is -3.14. The highest BCUT2D eigenvalue weighted by atomic mass is 32.2. The van der Waals surface area contributed by atoms with Crippen LogP contribution in [0.25, 0.3) is 0 Å². The molecule has 1 aromatic carbocycles. The second kappa shape index (κ2) is 7.38. The highest BCUT2D eigenvalue weighted by Gasteiger charge is 2.09. The highest BCUT2D eigenvalue weighted by Crippen LogP contribution is 2.16. The van der Waals surface area contributed by atoms with Crippen molar-refractivity contribution in [1.29, 1.82) is 0 Å². The molecule has 0 fully saturated rings. The Labute approximate surface area is 131 Å². The maximum Gasteiger partial charge on any atom is 0.175 e. The summed E-state index contributed by atoms with van der Waals surface area (Å²) >= 11 is 0. The van der Waals surface area contributed by atoms with E-state index in [9.17, 15) is 8.42 Å². The van der Waals surface area contributed by atoms with Crippen molar-refractivity contribution in [1.82, 2.24) is 10.3 Å². The Kier molecular flexibility index (Phi) is 5.51. The van der Waals surface area contributed by atoms with E-state index in [1.54, 1.807) is 24.5 Å². The average Bonchev–Trinajstić information content (AvgIpc) is 2.52. The van der Waals surface area contributed by atoms with Gasteiger partial charge >= 0.3 is 0 Å². The summed E-state index contributed by atoms with van der Waals surface area (Å²) in [6.45, 7) is 3.25. The minimum Gasteiger partial charge on any atom is -0.491 e. The SMILES string of the molecule is C[C@H](NCCOc1cccnc1)c1ccc(S(C)(=O)=O)cc1. The van der Waals surface area contributed by atoms with Crippen LogP contribution in [0.5, 0.6) is 5.75 Å². The Morgan fingerprint density at radius 2 is 1.95 bits per heavy atom. The van der Waals surface area contributed by atoms with Gasteiger partial charge in [0.05, 0.1) is 11.1 Å². The number of rotatable bonds is 7. The summed E-state index contributed by atoms with van der Waals surface area (Å²) in [6, 6.07) is 10.7. The molecule has 22 heavy (non-hydrogen) atoms. The van der Waals surface area contributed by atoms with E-state index in [-0.39, 0.29) is 6.04 Å². The first-order valence-corrected chi connectivity index (χ1v) is 8.92. The summed E-state index contributed by atoms with van der Waals surface area (Å²) in [5.41, 5.74) is 1.04. The predicted octanol–water partition coefficient (Wildman–Crippen LogP) is 2.21. The van der Waals surface area contributed by atoms with Gasteiger partial charge in [0.15, 0.2) is 9.84 Å². The zero-order valence-electron chi connectivity index (χ0n) is 12.7. The van der Waals surface area contributed by atoms with Gasteiger partial charge in [-0.3, -0.25) is 4.98 Å². The fourth-order valence-electron chi connectivity index (χ4n) is 2.00. The monoisotopic (exact) mass is 320 g/mol. The third-order valence-electron chi connectivity index (χ3n) is 3.26. The molecule has 0 radical (unpaired) electrons. The summed E-state index contributed by atoms with van der Waals surface area (Å²) in [6.07, 6.45) is 4.58. The van der Waals surface area contributed by atoms with Crippen molar-refractivity contribution in [2.24, 2.45) is 0 Å². The Hall–Kier alpha value is -1.92. The van der Waals surface area contributed by atoms with E-state index in [0.717, 1.165) is 11.3 Å². The molecular formula is C16H20N2O3S. The van der Waals surface area contributed by atoms with Gasteiger partial charge < -0.3 is 10.1 Å². The molecule has 0 bridgehead atoms. The van der Waals surface area contributed by atoms with E-state index < -0.39 is 9.84 Å². The summed E-state index contributed by atoms with van der Waals surface area (Å²) < 4.78 is 28.4. The number of pyridine rings is 1. The van der Waals surface area contributed by atoms with Crippen molar-refractivity contribution in [3.05, 3.63) is 54.4 Å². The van der Waals surface area contributed by atoms with Gasteiger partial charge in [-0.2, -0.15) is 0 Å². The van der Waals surface area contributed by atoms with Crippen molar-refractivity contribution >= 4 is 9.84 Å². The minimum atomic E-state index is -3.14. The van der Waals surface area contributed by atoms with E-state index in [1.807, 2.05) is 31.2 Å². The molecule has 118 valence electrons. The zero-order valence-corrected chi connectivity index (χ0v) is 13.5. The largest absolute Gasteiger partial charge is 0.491 e. The van der Waals surface area contributed by atoms with Crippen LogP contribution in [0.1, 0.15) is 18.5 Å². The molecule has 1 N–H and O–H groups in total. The van der Waals surface area contributed by atoms with Crippen LogP contribution in [-0.2, 0) is 9.84 Å². The van der Waals surface area contributed by atoms with Gasteiger partial charge in [-0.15, -0.1) is 0 Å². The zero-order chi connectivity index (χ0) is 16.0. The predicted molar refractivity (Wildman–Crippen MR) is 85.7 cm³/mol. The van der Waals surface area contributed by atoms with Crippen molar-refractivity contribution in [2.75, 3.05) is 19.4 Å². The normalized spacial score (nSPS) is 12.8. The van der Waals surface area contributed by atoms with Crippen molar-refractivity contribution in [3.8, 4) is 5.75 Å². The van der Waals surface area contributed by atoms with Crippen LogP contribution < -0.4 is 10.1 Å². The standard InChI is InChI=1S/C16H20N2O3S/c1-13(14-5-7-16(8-6-14)22(2,19)20)18-10-11-21-15-4-3-9-17-12-15/h3-9,12-13,18H,10-11H2,1-2H3/t13-/m0/s1. The molecule has 0 saturated carbocycles. The van der Waals surface area contributed by atoms with Crippen molar-refractivity contribution < 1.29 is 13.2 Å². The smallest absolute Gasteiger partial charge is 0.175 e. The van der Waals surface area contributed by atoms with E-state index in [1.165, 1.54) is 6.26 Å². The third-order valence-corrected chi connectivity index (χ3v) is 4.39. The Morgan fingerprint density at radius 3 is 2.55 bits per heavy atom.